The molecule has 0 radical (unpaired) electrons. The molecular weight excluding hydrogens is 256 g/mol. The molecule has 1 N–H and O–H groups in total. The highest BCUT2D eigenvalue weighted by Crippen LogP contribution is 2.12. The van der Waals surface area contributed by atoms with E-state index in [4.69, 9.17) is 4.84 Å². The molecule has 2 amide bonds. The Morgan fingerprint density at radius 2 is 2.15 bits per heavy atom. The third-order valence-corrected chi connectivity index (χ3v) is 3.22. The van der Waals surface area contributed by atoms with Gasteiger partial charge in [-0.2, -0.15) is 5.48 Å². The Kier molecular flexibility index (Phi) is 5.26. The van der Waals surface area contributed by atoms with Crippen molar-refractivity contribution >= 4 is 11.8 Å². The third-order valence-electron chi connectivity index (χ3n) is 3.22. The third kappa shape index (κ3) is 4.15. The fourth-order valence-electron chi connectivity index (χ4n) is 2.17. The Bertz CT molecular complexity index is 461. The molecule has 1 aliphatic rings. The van der Waals surface area contributed by atoms with Gasteiger partial charge in [0.05, 0.1) is 6.61 Å². The molecular formula is C15H20N2O3. The number of benzene rings is 1. The van der Waals surface area contributed by atoms with Crippen LogP contribution in [0.4, 0.5) is 0 Å². The van der Waals surface area contributed by atoms with E-state index < -0.39 is 0 Å². The van der Waals surface area contributed by atoms with Crippen molar-refractivity contribution in [1.82, 2.24) is 10.4 Å². The van der Waals surface area contributed by atoms with Gasteiger partial charge in [-0.3, -0.25) is 19.3 Å². The number of hydrogen-bond acceptors (Lipinski definition) is 4. The molecule has 1 unspecified atom stereocenters. The Hall–Kier alpha value is -1.72. The first-order chi connectivity index (χ1) is 9.66. The first-order valence-electron chi connectivity index (χ1n) is 6.91. The van der Waals surface area contributed by atoms with Gasteiger partial charge in [-0.05, 0) is 18.9 Å². The molecule has 1 saturated heterocycles. The second-order valence-electron chi connectivity index (χ2n) is 5.04. The zero-order valence-corrected chi connectivity index (χ0v) is 11.7. The maximum atomic E-state index is 11.9. The van der Waals surface area contributed by atoms with Crippen LogP contribution in [0, 0.1) is 0 Å². The number of nitrogens with zero attached hydrogens (tertiary/aromatic N) is 1. The van der Waals surface area contributed by atoms with E-state index in [1.165, 1.54) is 4.90 Å². The fourth-order valence-corrected chi connectivity index (χ4v) is 2.17. The summed E-state index contributed by atoms with van der Waals surface area (Å²) >= 11 is 0. The Balaban J connectivity index is 1.68. The average molecular weight is 276 g/mol. The van der Waals surface area contributed by atoms with Crippen LogP contribution in [0.15, 0.2) is 30.3 Å². The lowest BCUT2D eigenvalue weighted by Gasteiger charge is -2.17. The molecule has 0 aliphatic carbocycles. The topological polar surface area (TPSA) is 58.6 Å². The molecule has 1 aromatic rings. The SMILES string of the molecule is CC(CC(=O)N1CCCC1=O)NOCc1ccccc1. The van der Waals surface area contributed by atoms with Gasteiger partial charge in [-0.1, -0.05) is 30.3 Å². The van der Waals surface area contributed by atoms with E-state index in [2.05, 4.69) is 5.48 Å². The van der Waals surface area contributed by atoms with E-state index in [-0.39, 0.29) is 24.3 Å². The van der Waals surface area contributed by atoms with Crippen LogP contribution in [0.3, 0.4) is 0 Å². The lowest BCUT2D eigenvalue weighted by atomic mass is 10.2. The maximum absolute atomic E-state index is 11.9. The van der Waals surface area contributed by atoms with Crippen molar-refractivity contribution in [2.45, 2.75) is 38.8 Å². The summed E-state index contributed by atoms with van der Waals surface area (Å²) in [6.45, 7) is 2.86. The largest absolute Gasteiger partial charge is 0.297 e. The number of hydroxylamine groups is 1. The van der Waals surface area contributed by atoms with Gasteiger partial charge in [-0.15, -0.1) is 0 Å². The summed E-state index contributed by atoms with van der Waals surface area (Å²) in [5.41, 5.74) is 3.90. The highest BCUT2D eigenvalue weighted by atomic mass is 16.6. The first-order valence-corrected chi connectivity index (χ1v) is 6.91. The monoisotopic (exact) mass is 276 g/mol. The van der Waals surface area contributed by atoms with E-state index in [0.29, 0.717) is 19.6 Å². The number of nitrogens with one attached hydrogen (secondary N) is 1. The van der Waals surface area contributed by atoms with Crippen molar-refractivity contribution in [3.05, 3.63) is 35.9 Å². The summed E-state index contributed by atoms with van der Waals surface area (Å²) in [7, 11) is 0. The van der Waals surface area contributed by atoms with Crippen LogP contribution in [0.5, 0.6) is 0 Å². The van der Waals surface area contributed by atoms with Crippen molar-refractivity contribution in [1.29, 1.82) is 0 Å². The molecule has 108 valence electrons. The van der Waals surface area contributed by atoms with Gasteiger partial charge in [-0.25, -0.2) is 0 Å². The number of imide groups is 1. The summed E-state index contributed by atoms with van der Waals surface area (Å²) in [4.78, 5) is 30.1. The van der Waals surface area contributed by atoms with Gasteiger partial charge in [0.2, 0.25) is 11.8 Å². The molecule has 0 spiro atoms. The normalized spacial score (nSPS) is 16.4. The fraction of sp³-hybridized carbons (Fsp3) is 0.467. The number of rotatable bonds is 6. The summed E-state index contributed by atoms with van der Waals surface area (Å²) < 4.78 is 0. The maximum Gasteiger partial charge on any atom is 0.230 e. The molecule has 1 aromatic carbocycles. The molecule has 20 heavy (non-hydrogen) atoms. The van der Waals surface area contributed by atoms with Gasteiger partial charge in [0.1, 0.15) is 0 Å². The minimum Gasteiger partial charge on any atom is -0.297 e. The highest BCUT2D eigenvalue weighted by Gasteiger charge is 2.27. The second-order valence-corrected chi connectivity index (χ2v) is 5.04. The van der Waals surface area contributed by atoms with Gasteiger partial charge >= 0.3 is 0 Å². The van der Waals surface area contributed by atoms with Gasteiger partial charge in [0.15, 0.2) is 0 Å². The van der Waals surface area contributed by atoms with Crippen LogP contribution >= 0.6 is 0 Å². The Labute approximate surface area is 118 Å². The predicted octanol–water partition coefficient (Wildman–Crippen LogP) is 1.64. The standard InChI is InChI=1S/C15H20N2O3/c1-12(10-15(19)17-9-5-8-14(17)18)16-20-11-13-6-3-2-4-7-13/h2-4,6-7,12,16H,5,8-11H2,1H3. The lowest BCUT2D eigenvalue weighted by molar-refractivity contribution is -0.142. The number of amides is 2. The minimum atomic E-state index is -0.129. The lowest BCUT2D eigenvalue weighted by Crippen LogP contribution is -2.37. The van der Waals surface area contributed by atoms with E-state index >= 15 is 0 Å². The van der Waals surface area contributed by atoms with Crippen molar-refractivity contribution < 1.29 is 14.4 Å². The van der Waals surface area contributed by atoms with Crippen molar-refractivity contribution in [3.8, 4) is 0 Å². The number of carbonyl (C=O) groups is 2. The molecule has 1 atom stereocenters. The van der Waals surface area contributed by atoms with Crippen molar-refractivity contribution in [2.75, 3.05) is 6.54 Å². The molecule has 0 aromatic heterocycles. The van der Waals surface area contributed by atoms with Crippen LogP contribution in [0.2, 0.25) is 0 Å². The van der Waals surface area contributed by atoms with Crippen LogP contribution < -0.4 is 5.48 Å². The summed E-state index contributed by atoms with van der Waals surface area (Å²) in [6, 6.07) is 9.67. The minimum absolute atomic E-state index is 0.0626. The summed E-state index contributed by atoms with van der Waals surface area (Å²) in [5.74, 6) is -0.191. The zero-order chi connectivity index (χ0) is 14.4. The van der Waals surface area contributed by atoms with Gasteiger partial charge < -0.3 is 0 Å². The number of hydrogen-bond donors (Lipinski definition) is 1. The van der Waals surface area contributed by atoms with E-state index in [0.717, 1.165) is 12.0 Å². The summed E-state index contributed by atoms with van der Waals surface area (Å²) in [6.07, 6.45) is 1.52. The van der Waals surface area contributed by atoms with Crippen LogP contribution in [-0.4, -0.2) is 29.3 Å². The molecule has 1 aliphatic heterocycles. The Morgan fingerprint density at radius 3 is 2.80 bits per heavy atom. The predicted molar refractivity (Wildman–Crippen MR) is 74.4 cm³/mol. The molecule has 5 nitrogen and oxygen atoms in total. The molecule has 1 fully saturated rings. The Morgan fingerprint density at radius 1 is 1.40 bits per heavy atom. The van der Waals surface area contributed by atoms with Crippen LogP contribution in [-0.2, 0) is 21.0 Å². The van der Waals surface area contributed by atoms with Crippen LogP contribution in [0.1, 0.15) is 31.7 Å². The molecule has 5 heteroatoms. The van der Waals surface area contributed by atoms with Crippen molar-refractivity contribution in [2.24, 2.45) is 0 Å². The first kappa shape index (κ1) is 14.7. The molecule has 0 saturated carbocycles. The van der Waals surface area contributed by atoms with Gasteiger partial charge in [0, 0.05) is 25.4 Å². The smallest absolute Gasteiger partial charge is 0.230 e. The average Bonchev–Trinajstić information content (AvgIpc) is 2.86. The molecule has 2 rings (SSSR count). The van der Waals surface area contributed by atoms with Crippen molar-refractivity contribution in [3.63, 3.8) is 0 Å². The summed E-state index contributed by atoms with van der Waals surface area (Å²) in [5, 5.41) is 0. The van der Waals surface area contributed by atoms with Gasteiger partial charge in [0.25, 0.3) is 0 Å². The van der Waals surface area contributed by atoms with Crippen LogP contribution in [0.25, 0.3) is 0 Å². The zero-order valence-electron chi connectivity index (χ0n) is 11.7. The molecule has 1 heterocycles. The number of likely N-dealkylation sites (tertiary alicyclic amines) is 1. The molecule has 0 bridgehead atoms. The van der Waals surface area contributed by atoms with E-state index in [9.17, 15) is 9.59 Å². The second kappa shape index (κ2) is 7.17. The van der Waals surface area contributed by atoms with E-state index in [1.807, 2.05) is 37.3 Å². The van der Waals surface area contributed by atoms with E-state index in [1.54, 1.807) is 0 Å². The quantitative estimate of drug-likeness (QED) is 0.802. The highest BCUT2D eigenvalue weighted by molar-refractivity contribution is 5.96. The number of carbonyl (C=O) groups excluding carboxylic acids is 2.